The summed E-state index contributed by atoms with van der Waals surface area (Å²) in [6, 6.07) is 10.7. The molecule has 0 fully saturated rings. The SMILES string of the molecule is CCCCCC(=O)NC12C(=O)c3c(N)cccc3C1(C(CCCC)C(=O)O)Oc1cc(C(C)C)ccc12. The predicted octanol–water partition coefficient (Wildman–Crippen LogP) is 5.66. The lowest BCUT2D eigenvalue weighted by Gasteiger charge is -2.42. The van der Waals surface area contributed by atoms with Crippen LogP contribution in [0.1, 0.15) is 106 Å². The molecule has 198 valence electrons. The van der Waals surface area contributed by atoms with E-state index < -0.39 is 28.8 Å². The van der Waals surface area contributed by atoms with Crippen LogP contribution in [0.15, 0.2) is 36.4 Å². The molecule has 7 nitrogen and oxygen atoms in total. The van der Waals surface area contributed by atoms with Crippen LogP contribution in [0.4, 0.5) is 5.69 Å². The van der Waals surface area contributed by atoms with Gasteiger partial charge in [0.05, 0.1) is 5.56 Å². The molecule has 0 saturated carbocycles. The standard InChI is InChI=1S/C30H38N2O5/c1-5-7-9-14-25(33)32-29-20-16-15-19(18(3)4)17-24(20)37-30(29,22(28(35)36)11-8-6-2)21-12-10-13-23(31)26(21)27(29)34/h10,12-13,15-18,22H,5-9,11,14,31H2,1-4H3,(H,32,33)(H,35,36). The van der Waals surface area contributed by atoms with Gasteiger partial charge in [0.2, 0.25) is 5.91 Å². The highest BCUT2D eigenvalue weighted by Crippen LogP contribution is 2.64. The van der Waals surface area contributed by atoms with Crippen LogP contribution in [-0.2, 0) is 20.7 Å². The maximum Gasteiger partial charge on any atom is 0.311 e. The van der Waals surface area contributed by atoms with Gasteiger partial charge in [0.25, 0.3) is 0 Å². The van der Waals surface area contributed by atoms with Gasteiger partial charge in [-0.15, -0.1) is 0 Å². The number of rotatable bonds is 11. The zero-order valence-corrected chi connectivity index (χ0v) is 22.2. The largest absolute Gasteiger partial charge is 0.481 e. The number of nitrogen functional groups attached to an aromatic ring is 1. The summed E-state index contributed by atoms with van der Waals surface area (Å²) >= 11 is 0. The summed E-state index contributed by atoms with van der Waals surface area (Å²) in [6.07, 6.45) is 4.42. The maximum absolute atomic E-state index is 14.5. The molecule has 2 aromatic carbocycles. The number of Topliss-reactive ketones (excluding diaryl/α,β-unsaturated/α-hetero) is 1. The average molecular weight is 507 g/mol. The molecular weight excluding hydrogens is 468 g/mol. The monoisotopic (exact) mass is 506 g/mol. The summed E-state index contributed by atoms with van der Waals surface area (Å²) in [7, 11) is 0. The van der Waals surface area contributed by atoms with Crippen LogP contribution in [0.5, 0.6) is 5.75 Å². The van der Waals surface area contributed by atoms with E-state index in [4.69, 9.17) is 10.5 Å². The van der Waals surface area contributed by atoms with Crippen molar-refractivity contribution in [2.24, 2.45) is 5.92 Å². The number of nitrogens with two attached hydrogens (primary N) is 1. The normalized spacial score (nSPS) is 22.2. The highest BCUT2D eigenvalue weighted by Gasteiger charge is 2.75. The van der Waals surface area contributed by atoms with Gasteiger partial charge in [-0.05, 0) is 36.5 Å². The number of aliphatic carboxylic acids is 1. The lowest BCUT2D eigenvalue weighted by atomic mass is 9.67. The predicted molar refractivity (Wildman–Crippen MR) is 143 cm³/mol. The Morgan fingerprint density at radius 1 is 1.05 bits per heavy atom. The minimum Gasteiger partial charge on any atom is -0.481 e. The van der Waals surface area contributed by atoms with E-state index in [0.717, 1.165) is 24.8 Å². The molecule has 0 radical (unpaired) electrons. The number of ether oxygens (including phenoxy) is 1. The first-order valence-electron chi connectivity index (χ1n) is 13.5. The number of carbonyl (C=O) groups is 3. The number of hydrogen-bond acceptors (Lipinski definition) is 5. The van der Waals surface area contributed by atoms with Crippen molar-refractivity contribution < 1.29 is 24.2 Å². The van der Waals surface area contributed by atoms with Crippen molar-refractivity contribution in [3.8, 4) is 5.75 Å². The molecule has 37 heavy (non-hydrogen) atoms. The summed E-state index contributed by atoms with van der Waals surface area (Å²) in [5, 5.41) is 13.7. The summed E-state index contributed by atoms with van der Waals surface area (Å²) < 4.78 is 6.74. The maximum atomic E-state index is 14.5. The van der Waals surface area contributed by atoms with E-state index >= 15 is 0 Å². The van der Waals surface area contributed by atoms with Gasteiger partial charge < -0.3 is 20.9 Å². The number of amides is 1. The van der Waals surface area contributed by atoms with Crippen LogP contribution < -0.4 is 15.8 Å². The second-order valence-corrected chi connectivity index (χ2v) is 10.6. The molecule has 0 aromatic heterocycles. The Labute approximate surface area is 218 Å². The van der Waals surface area contributed by atoms with Crippen LogP contribution in [0.2, 0.25) is 0 Å². The average Bonchev–Trinajstić information content (AvgIpc) is 3.24. The lowest BCUT2D eigenvalue weighted by molar-refractivity contribution is -0.156. The third-order valence-electron chi connectivity index (χ3n) is 7.94. The van der Waals surface area contributed by atoms with Gasteiger partial charge in [-0.3, -0.25) is 14.4 Å². The topological polar surface area (TPSA) is 119 Å². The summed E-state index contributed by atoms with van der Waals surface area (Å²) in [5.74, 6) is -2.25. The molecule has 3 atom stereocenters. The zero-order chi connectivity index (χ0) is 27.0. The summed E-state index contributed by atoms with van der Waals surface area (Å²) in [6.45, 7) is 8.16. The molecule has 4 rings (SSSR count). The second kappa shape index (κ2) is 10.2. The van der Waals surface area contributed by atoms with E-state index in [0.29, 0.717) is 29.7 Å². The number of unbranched alkanes of at least 4 members (excludes halogenated alkanes) is 3. The first kappa shape index (κ1) is 26.7. The van der Waals surface area contributed by atoms with Crippen molar-refractivity contribution in [3.05, 3.63) is 58.7 Å². The summed E-state index contributed by atoms with van der Waals surface area (Å²) in [5.41, 5.74) is 5.35. The van der Waals surface area contributed by atoms with Gasteiger partial charge in [-0.1, -0.05) is 77.6 Å². The molecule has 0 bridgehead atoms. The zero-order valence-electron chi connectivity index (χ0n) is 22.2. The van der Waals surface area contributed by atoms with Gasteiger partial charge in [0.1, 0.15) is 11.7 Å². The van der Waals surface area contributed by atoms with Crippen molar-refractivity contribution in [2.45, 2.75) is 89.7 Å². The molecule has 7 heteroatoms. The minimum atomic E-state index is -1.73. The third kappa shape index (κ3) is 3.99. The first-order chi connectivity index (χ1) is 17.6. The van der Waals surface area contributed by atoms with Crippen LogP contribution in [0, 0.1) is 5.92 Å². The van der Waals surface area contributed by atoms with E-state index in [1.807, 2.05) is 25.1 Å². The Kier molecular flexibility index (Phi) is 7.36. The molecule has 4 N–H and O–H groups in total. The Hall–Kier alpha value is -3.35. The Bertz CT molecular complexity index is 1220. The first-order valence-corrected chi connectivity index (χ1v) is 13.5. The number of ketones is 1. The summed E-state index contributed by atoms with van der Waals surface area (Å²) in [4.78, 5) is 40.9. The number of nitrogens with one attached hydrogen (secondary N) is 1. The van der Waals surface area contributed by atoms with Gasteiger partial charge >= 0.3 is 5.97 Å². The molecule has 2 aliphatic rings. The van der Waals surface area contributed by atoms with Crippen LogP contribution in [0.3, 0.4) is 0 Å². The lowest BCUT2D eigenvalue weighted by Crippen LogP contribution is -2.64. The number of carbonyl (C=O) groups excluding carboxylic acids is 2. The molecule has 0 saturated heterocycles. The van der Waals surface area contributed by atoms with Crippen LogP contribution in [-0.4, -0.2) is 22.8 Å². The number of carboxylic acid groups (broad SMARTS) is 1. The Morgan fingerprint density at radius 3 is 2.43 bits per heavy atom. The Balaban J connectivity index is 2.02. The second-order valence-electron chi connectivity index (χ2n) is 10.6. The van der Waals surface area contributed by atoms with Gasteiger partial charge in [-0.2, -0.15) is 0 Å². The van der Waals surface area contributed by atoms with Crippen molar-refractivity contribution in [1.29, 1.82) is 0 Å². The Morgan fingerprint density at radius 2 is 1.78 bits per heavy atom. The number of carboxylic acids is 1. The highest BCUT2D eigenvalue weighted by molar-refractivity contribution is 6.16. The molecule has 1 amide bonds. The molecule has 1 heterocycles. The smallest absolute Gasteiger partial charge is 0.311 e. The third-order valence-corrected chi connectivity index (χ3v) is 7.94. The molecular formula is C30H38N2O5. The van der Waals surface area contributed by atoms with Crippen LogP contribution in [0.25, 0.3) is 0 Å². The van der Waals surface area contributed by atoms with Crippen molar-refractivity contribution in [3.63, 3.8) is 0 Å². The highest BCUT2D eigenvalue weighted by atomic mass is 16.5. The van der Waals surface area contributed by atoms with Crippen LogP contribution >= 0.6 is 0 Å². The quantitative estimate of drug-likeness (QED) is 0.267. The number of anilines is 1. The van der Waals surface area contributed by atoms with Gasteiger partial charge in [0, 0.05) is 23.2 Å². The fourth-order valence-electron chi connectivity index (χ4n) is 6.06. The fraction of sp³-hybridized carbons (Fsp3) is 0.500. The molecule has 2 aromatic rings. The van der Waals surface area contributed by atoms with E-state index in [1.165, 1.54) is 0 Å². The van der Waals surface area contributed by atoms with Crippen molar-refractivity contribution in [1.82, 2.24) is 5.32 Å². The fourth-order valence-corrected chi connectivity index (χ4v) is 6.06. The van der Waals surface area contributed by atoms with Crippen molar-refractivity contribution in [2.75, 3.05) is 5.73 Å². The number of hydrogen-bond donors (Lipinski definition) is 3. The number of fused-ring (bicyclic) bond motifs is 5. The molecule has 3 unspecified atom stereocenters. The van der Waals surface area contributed by atoms with Gasteiger partial charge in [0.15, 0.2) is 16.9 Å². The minimum absolute atomic E-state index is 0.193. The number of benzene rings is 2. The van der Waals surface area contributed by atoms with E-state index in [9.17, 15) is 19.5 Å². The molecule has 1 aliphatic heterocycles. The van der Waals surface area contributed by atoms with E-state index in [-0.39, 0.29) is 35.9 Å². The van der Waals surface area contributed by atoms with Crippen molar-refractivity contribution >= 4 is 23.3 Å². The molecule has 0 spiro atoms. The van der Waals surface area contributed by atoms with E-state index in [2.05, 4.69) is 26.1 Å². The molecule has 1 aliphatic carbocycles. The van der Waals surface area contributed by atoms with E-state index in [1.54, 1.807) is 18.2 Å². The van der Waals surface area contributed by atoms with Gasteiger partial charge in [-0.25, -0.2) is 0 Å².